The molecule has 0 aromatic carbocycles. The maximum Gasteiger partial charge on any atom is 0.341 e. The number of nitrogens with zero attached hydrogens (tertiary/aromatic N) is 2. The van der Waals surface area contributed by atoms with Crippen LogP contribution in [0, 0.1) is 12.7 Å². The van der Waals surface area contributed by atoms with Gasteiger partial charge in [-0.05, 0) is 49.8 Å². The Hall–Kier alpha value is -2.41. The van der Waals surface area contributed by atoms with Gasteiger partial charge in [0.15, 0.2) is 5.82 Å². The fourth-order valence-electron chi connectivity index (χ4n) is 4.02. The standard InChI is InChI=1S/C19H22FN3O3/c1-10-8-22(6-5-21-10)17-11(2)16-13(12-3-4-12)7-14(19(25)26)18(24)23(16)9-15(17)20/h7,9-10,12,21H,3-6,8H2,1-2H3,(H,25,26). The fraction of sp³-hybridized carbons (Fsp3) is 0.474. The second-order valence-electron chi connectivity index (χ2n) is 7.37. The van der Waals surface area contributed by atoms with Crippen molar-refractivity contribution < 1.29 is 14.3 Å². The zero-order valence-electron chi connectivity index (χ0n) is 14.9. The van der Waals surface area contributed by atoms with Crippen LogP contribution in [0.3, 0.4) is 0 Å². The number of hydrogen-bond acceptors (Lipinski definition) is 4. The van der Waals surface area contributed by atoms with Crippen LogP contribution in [0.15, 0.2) is 17.1 Å². The van der Waals surface area contributed by atoms with Gasteiger partial charge in [0.1, 0.15) is 5.56 Å². The molecule has 1 aliphatic carbocycles. The predicted octanol–water partition coefficient (Wildman–Crippen LogP) is 2.12. The Morgan fingerprint density at radius 2 is 2.12 bits per heavy atom. The van der Waals surface area contributed by atoms with Crippen molar-refractivity contribution in [2.75, 3.05) is 24.5 Å². The zero-order chi connectivity index (χ0) is 18.6. The average molecular weight is 359 g/mol. The lowest BCUT2D eigenvalue weighted by atomic mass is 10.0. The molecule has 0 spiro atoms. The summed E-state index contributed by atoms with van der Waals surface area (Å²) in [6, 6.07) is 1.74. The summed E-state index contributed by atoms with van der Waals surface area (Å²) < 4.78 is 16.2. The molecule has 138 valence electrons. The number of anilines is 1. The molecule has 1 atom stereocenters. The number of halogens is 1. The van der Waals surface area contributed by atoms with Gasteiger partial charge in [0.05, 0.1) is 17.4 Å². The minimum Gasteiger partial charge on any atom is -0.477 e. The van der Waals surface area contributed by atoms with E-state index in [4.69, 9.17) is 0 Å². The van der Waals surface area contributed by atoms with E-state index >= 15 is 0 Å². The van der Waals surface area contributed by atoms with E-state index in [1.54, 1.807) is 0 Å². The summed E-state index contributed by atoms with van der Waals surface area (Å²) >= 11 is 0. The molecule has 26 heavy (non-hydrogen) atoms. The monoisotopic (exact) mass is 359 g/mol. The molecule has 0 radical (unpaired) electrons. The van der Waals surface area contributed by atoms with E-state index in [1.165, 1.54) is 10.5 Å². The molecule has 4 rings (SSSR count). The number of rotatable bonds is 3. The summed E-state index contributed by atoms with van der Waals surface area (Å²) in [6.45, 7) is 6.02. The number of carbonyl (C=O) groups is 1. The first-order chi connectivity index (χ1) is 12.4. The minimum absolute atomic E-state index is 0.239. The summed E-state index contributed by atoms with van der Waals surface area (Å²) in [6.07, 6.45) is 3.08. The molecule has 0 amide bonds. The van der Waals surface area contributed by atoms with Crippen molar-refractivity contribution in [3.63, 3.8) is 0 Å². The smallest absolute Gasteiger partial charge is 0.341 e. The molecule has 1 aliphatic heterocycles. The highest BCUT2D eigenvalue weighted by Gasteiger charge is 2.31. The minimum atomic E-state index is -1.27. The van der Waals surface area contributed by atoms with E-state index in [2.05, 4.69) is 12.2 Å². The lowest BCUT2D eigenvalue weighted by Gasteiger charge is -2.35. The Kier molecular flexibility index (Phi) is 3.99. The number of fused-ring (bicyclic) bond motifs is 1. The van der Waals surface area contributed by atoms with Crippen molar-refractivity contribution in [3.05, 3.63) is 45.1 Å². The van der Waals surface area contributed by atoms with Crippen molar-refractivity contribution in [2.45, 2.75) is 38.6 Å². The molecule has 2 N–H and O–H groups in total. The number of pyridine rings is 2. The molecule has 2 aliphatic rings. The SMILES string of the molecule is Cc1c(N2CCNC(C)C2)c(F)cn2c(=O)c(C(=O)O)cc(C3CC3)c12. The van der Waals surface area contributed by atoms with Gasteiger partial charge in [-0.2, -0.15) is 0 Å². The van der Waals surface area contributed by atoms with E-state index in [0.29, 0.717) is 29.9 Å². The Morgan fingerprint density at radius 1 is 1.38 bits per heavy atom. The van der Waals surface area contributed by atoms with Gasteiger partial charge >= 0.3 is 5.97 Å². The number of aromatic nitrogens is 1. The molecule has 6 nitrogen and oxygen atoms in total. The van der Waals surface area contributed by atoms with Crippen LogP contribution >= 0.6 is 0 Å². The predicted molar refractivity (Wildman–Crippen MR) is 97.0 cm³/mol. The summed E-state index contributed by atoms with van der Waals surface area (Å²) in [5, 5.41) is 12.7. The number of piperazine rings is 1. The van der Waals surface area contributed by atoms with Crippen LogP contribution in [0.1, 0.15) is 47.2 Å². The lowest BCUT2D eigenvalue weighted by molar-refractivity contribution is 0.0694. The van der Waals surface area contributed by atoms with E-state index in [0.717, 1.165) is 31.1 Å². The van der Waals surface area contributed by atoms with Gasteiger partial charge in [0.2, 0.25) is 0 Å². The second kappa shape index (κ2) is 6.09. The highest BCUT2D eigenvalue weighted by atomic mass is 19.1. The molecule has 2 aromatic heterocycles. The number of carboxylic acid groups (broad SMARTS) is 1. The van der Waals surface area contributed by atoms with Crippen LogP contribution in [0.2, 0.25) is 0 Å². The highest BCUT2D eigenvalue weighted by molar-refractivity contribution is 5.89. The highest BCUT2D eigenvalue weighted by Crippen LogP contribution is 2.43. The van der Waals surface area contributed by atoms with Gasteiger partial charge in [0.25, 0.3) is 5.56 Å². The molecule has 1 saturated heterocycles. The van der Waals surface area contributed by atoms with Gasteiger partial charge in [0, 0.05) is 25.7 Å². The Labute approximate surface area is 150 Å². The molecular formula is C19H22FN3O3. The van der Waals surface area contributed by atoms with E-state index in [-0.39, 0.29) is 17.5 Å². The molecule has 3 heterocycles. The average Bonchev–Trinajstić information content (AvgIpc) is 3.40. The maximum absolute atomic E-state index is 15.0. The zero-order valence-corrected chi connectivity index (χ0v) is 14.9. The third-order valence-electron chi connectivity index (χ3n) is 5.38. The number of nitrogens with one attached hydrogen (secondary N) is 1. The topological polar surface area (TPSA) is 74.0 Å². The lowest BCUT2D eigenvalue weighted by Crippen LogP contribution is -2.49. The van der Waals surface area contributed by atoms with Crippen LogP contribution in [-0.4, -0.2) is 41.2 Å². The molecule has 7 heteroatoms. The van der Waals surface area contributed by atoms with Crippen molar-refractivity contribution in [1.82, 2.24) is 9.72 Å². The van der Waals surface area contributed by atoms with Crippen molar-refractivity contribution in [1.29, 1.82) is 0 Å². The van der Waals surface area contributed by atoms with Gasteiger partial charge in [-0.1, -0.05) is 0 Å². The molecule has 0 bridgehead atoms. The van der Waals surface area contributed by atoms with Crippen LogP contribution in [0.25, 0.3) is 5.52 Å². The summed E-state index contributed by atoms with van der Waals surface area (Å²) in [7, 11) is 0. The molecular weight excluding hydrogens is 337 g/mol. The maximum atomic E-state index is 15.0. The summed E-state index contributed by atoms with van der Waals surface area (Å²) in [5.41, 5.74) is 1.73. The van der Waals surface area contributed by atoms with Crippen LogP contribution in [0.5, 0.6) is 0 Å². The van der Waals surface area contributed by atoms with E-state index in [1.807, 2.05) is 11.8 Å². The first kappa shape index (κ1) is 17.0. The largest absolute Gasteiger partial charge is 0.477 e. The van der Waals surface area contributed by atoms with Gasteiger partial charge < -0.3 is 15.3 Å². The van der Waals surface area contributed by atoms with Crippen molar-refractivity contribution in [3.8, 4) is 0 Å². The normalized spacial score (nSPS) is 20.6. The Bertz CT molecular complexity index is 965. The van der Waals surface area contributed by atoms with Gasteiger partial charge in [-0.15, -0.1) is 0 Å². The second-order valence-corrected chi connectivity index (χ2v) is 7.37. The van der Waals surface area contributed by atoms with E-state index in [9.17, 15) is 19.1 Å². The number of hydrogen-bond donors (Lipinski definition) is 2. The first-order valence-electron chi connectivity index (χ1n) is 8.98. The fourth-order valence-corrected chi connectivity index (χ4v) is 4.02. The van der Waals surface area contributed by atoms with Crippen molar-refractivity contribution in [2.24, 2.45) is 0 Å². The molecule has 2 aromatic rings. The third-order valence-corrected chi connectivity index (χ3v) is 5.38. The van der Waals surface area contributed by atoms with E-state index < -0.39 is 17.3 Å². The summed E-state index contributed by atoms with van der Waals surface area (Å²) in [4.78, 5) is 26.1. The van der Waals surface area contributed by atoms with Crippen LogP contribution in [0.4, 0.5) is 10.1 Å². The Balaban J connectivity index is 2.00. The first-order valence-corrected chi connectivity index (χ1v) is 8.98. The number of aromatic carboxylic acids is 1. The van der Waals surface area contributed by atoms with Crippen LogP contribution < -0.4 is 15.8 Å². The third kappa shape index (κ3) is 2.67. The van der Waals surface area contributed by atoms with Crippen molar-refractivity contribution >= 4 is 17.2 Å². The number of aryl methyl sites for hydroxylation is 1. The molecule has 1 saturated carbocycles. The number of carboxylic acids is 1. The summed E-state index contributed by atoms with van der Waals surface area (Å²) in [5.74, 6) is -1.53. The molecule has 2 fully saturated rings. The van der Waals surface area contributed by atoms with Crippen LogP contribution in [-0.2, 0) is 0 Å². The quantitative estimate of drug-likeness (QED) is 0.878. The van der Waals surface area contributed by atoms with Gasteiger partial charge in [-0.25, -0.2) is 9.18 Å². The Morgan fingerprint density at radius 3 is 2.73 bits per heavy atom. The van der Waals surface area contributed by atoms with Gasteiger partial charge in [-0.3, -0.25) is 9.20 Å². The molecule has 1 unspecified atom stereocenters.